The second-order valence-corrected chi connectivity index (χ2v) is 3.94. The third-order valence-electron chi connectivity index (χ3n) is 2.52. The monoisotopic (exact) mass is 323 g/mol. The molecule has 0 fully saturated rings. The Morgan fingerprint density at radius 1 is 1.36 bits per heavy atom. The molecule has 0 saturated heterocycles. The van der Waals surface area contributed by atoms with Crippen LogP contribution in [0.15, 0.2) is 12.1 Å². The molecule has 0 aliphatic heterocycles. The van der Waals surface area contributed by atoms with E-state index in [1.807, 2.05) is 0 Å². The maximum atomic E-state index is 13.0. The molecule has 22 heavy (non-hydrogen) atoms. The van der Waals surface area contributed by atoms with Crippen molar-refractivity contribution in [3.05, 3.63) is 28.8 Å². The van der Waals surface area contributed by atoms with Crippen molar-refractivity contribution in [2.45, 2.75) is 26.1 Å². The molecule has 1 aromatic carbocycles. The average Bonchev–Trinajstić information content (AvgIpc) is 2.38. The van der Waals surface area contributed by atoms with Gasteiger partial charge in [-0.2, -0.15) is 27.2 Å². The number of rotatable bonds is 5. The van der Waals surface area contributed by atoms with Crippen molar-refractivity contribution in [1.82, 2.24) is 0 Å². The van der Waals surface area contributed by atoms with E-state index in [1.165, 1.54) is 13.0 Å². The quantitative estimate of drug-likeness (QED) is 0.616. The van der Waals surface area contributed by atoms with E-state index < -0.39 is 47.6 Å². The number of carbonyl (C=O) groups excluding carboxylic acids is 1. The predicted molar refractivity (Wildman–Crippen MR) is 63.1 cm³/mol. The van der Waals surface area contributed by atoms with Crippen molar-refractivity contribution >= 4 is 5.97 Å². The number of esters is 1. The Morgan fingerprint density at radius 2 is 2.00 bits per heavy atom. The second kappa shape index (κ2) is 7.06. The van der Waals surface area contributed by atoms with E-state index in [0.717, 1.165) is 0 Å². The van der Waals surface area contributed by atoms with Gasteiger partial charge in [-0.15, -0.1) is 0 Å². The van der Waals surface area contributed by atoms with Crippen molar-refractivity contribution < 1.29 is 36.2 Å². The van der Waals surface area contributed by atoms with E-state index in [4.69, 9.17) is 5.26 Å². The molecule has 0 saturated carbocycles. The second-order valence-electron chi connectivity index (χ2n) is 3.94. The maximum Gasteiger partial charge on any atom is 0.416 e. The lowest BCUT2D eigenvalue weighted by Crippen LogP contribution is -2.17. The van der Waals surface area contributed by atoms with Crippen LogP contribution >= 0.6 is 0 Å². The van der Waals surface area contributed by atoms with Gasteiger partial charge in [-0.3, -0.25) is 4.79 Å². The smallest absolute Gasteiger partial charge is 0.416 e. The third kappa shape index (κ3) is 4.31. The number of nitrogens with zero attached hydrogens (tertiary/aromatic N) is 1. The summed E-state index contributed by atoms with van der Waals surface area (Å²) < 4.78 is 72.2. The minimum absolute atomic E-state index is 0.0941. The summed E-state index contributed by atoms with van der Waals surface area (Å²) in [6.07, 6.45) is -5.85. The Hall–Kier alpha value is -2.37. The largest absolute Gasteiger partial charge is 0.466 e. The highest BCUT2D eigenvalue weighted by atomic mass is 19.4. The minimum atomic E-state index is -4.91. The van der Waals surface area contributed by atoms with Gasteiger partial charge in [0, 0.05) is 5.56 Å². The Morgan fingerprint density at radius 3 is 2.45 bits per heavy atom. The van der Waals surface area contributed by atoms with Crippen LogP contribution in [0, 0.1) is 11.3 Å². The van der Waals surface area contributed by atoms with Gasteiger partial charge >= 0.3 is 18.8 Å². The van der Waals surface area contributed by atoms with Crippen molar-refractivity contribution in [2.75, 3.05) is 6.61 Å². The molecule has 1 aromatic rings. The first-order valence-electron chi connectivity index (χ1n) is 5.94. The summed E-state index contributed by atoms with van der Waals surface area (Å²) in [6, 6.07) is 2.68. The molecule has 0 N–H and O–H groups in total. The highest BCUT2D eigenvalue weighted by molar-refractivity contribution is 5.75. The van der Waals surface area contributed by atoms with Crippen LogP contribution in [-0.4, -0.2) is 19.2 Å². The zero-order valence-electron chi connectivity index (χ0n) is 11.2. The first-order chi connectivity index (χ1) is 10.2. The maximum absolute atomic E-state index is 13.0. The zero-order chi connectivity index (χ0) is 16.9. The molecule has 0 aliphatic rings. The van der Waals surface area contributed by atoms with E-state index in [1.54, 1.807) is 0 Å². The molecule has 0 spiro atoms. The van der Waals surface area contributed by atoms with Crippen molar-refractivity contribution in [3.8, 4) is 11.8 Å². The normalized spacial score (nSPS) is 11.2. The number of carbonyl (C=O) groups is 1. The number of alkyl halides is 5. The number of nitriles is 1. The Balaban J connectivity index is 3.48. The number of hydrogen-bond acceptors (Lipinski definition) is 4. The van der Waals surface area contributed by atoms with Crippen LogP contribution < -0.4 is 4.74 Å². The van der Waals surface area contributed by atoms with E-state index in [9.17, 15) is 26.7 Å². The van der Waals surface area contributed by atoms with Crippen LogP contribution in [0.3, 0.4) is 0 Å². The molecular formula is C13H10F5NO3. The number of halogens is 5. The zero-order valence-corrected chi connectivity index (χ0v) is 11.2. The van der Waals surface area contributed by atoms with Gasteiger partial charge in [0.25, 0.3) is 0 Å². The molecule has 0 unspecified atom stereocenters. The van der Waals surface area contributed by atoms with Crippen LogP contribution in [0.1, 0.15) is 23.6 Å². The summed E-state index contributed by atoms with van der Waals surface area (Å²) in [7, 11) is 0. The predicted octanol–water partition coefficient (Wildman–Crippen LogP) is 3.28. The Kier molecular flexibility index (Phi) is 5.68. The van der Waals surface area contributed by atoms with Crippen LogP contribution in [0.2, 0.25) is 0 Å². The Labute approximate surface area is 122 Å². The van der Waals surface area contributed by atoms with Gasteiger partial charge in [0.15, 0.2) is 0 Å². The topological polar surface area (TPSA) is 59.3 Å². The van der Waals surface area contributed by atoms with E-state index in [-0.39, 0.29) is 6.61 Å². The summed E-state index contributed by atoms with van der Waals surface area (Å²) in [5.74, 6) is -2.03. The molecular weight excluding hydrogens is 313 g/mol. The van der Waals surface area contributed by atoms with Gasteiger partial charge in [-0.25, -0.2) is 0 Å². The fourth-order valence-corrected chi connectivity index (χ4v) is 1.74. The first-order valence-corrected chi connectivity index (χ1v) is 5.94. The van der Waals surface area contributed by atoms with Gasteiger partial charge < -0.3 is 9.47 Å². The highest BCUT2D eigenvalue weighted by Crippen LogP contribution is 2.38. The van der Waals surface area contributed by atoms with Crippen LogP contribution in [0.25, 0.3) is 0 Å². The van der Waals surface area contributed by atoms with E-state index in [2.05, 4.69) is 9.47 Å². The van der Waals surface area contributed by atoms with Crippen molar-refractivity contribution in [1.29, 1.82) is 5.26 Å². The summed E-state index contributed by atoms with van der Waals surface area (Å²) in [6.45, 7) is -2.11. The summed E-state index contributed by atoms with van der Waals surface area (Å²) in [5, 5.41) is 8.81. The molecule has 9 heteroatoms. The number of hydrogen-bond donors (Lipinski definition) is 0. The average molecular weight is 323 g/mol. The minimum Gasteiger partial charge on any atom is -0.466 e. The molecule has 0 radical (unpaired) electrons. The molecule has 120 valence electrons. The lowest BCUT2D eigenvalue weighted by molar-refractivity contribution is -0.143. The molecule has 0 atom stereocenters. The van der Waals surface area contributed by atoms with Gasteiger partial charge in [0.05, 0.1) is 24.2 Å². The van der Waals surface area contributed by atoms with Crippen molar-refractivity contribution in [2.24, 2.45) is 0 Å². The van der Waals surface area contributed by atoms with Crippen LogP contribution in [0.4, 0.5) is 22.0 Å². The molecule has 0 heterocycles. The molecule has 4 nitrogen and oxygen atoms in total. The molecule has 0 amide bonds. The van der Waals surface area contributed by atoms with Gasteiger partial charge in [-0.05, 0) is 19.1 Å². The number of ether oxygens (including phenoxy) is 2. The van der Waals surface area contributed by atoms with E-state index >= 15 is 0 Å². The highest BCUT2D eigenvalue weighted by Gasteiger charge is 2.36. The molecule has 0 bridgehead atoms. The number of benzene rings is 1. The first kappa shape index (κ1) is 17.7. The fourth-order valence-electron chi connectivity index (χ4n) is 1.74. The lowest BCUT2D eigenvalue weighted by Gasteiger charge is -2.17. The van der Waals surface area contributed by atoms with Crippen molar-refractivity contribution in [3.63, 3.8) is 0 Å². The van der Waals surface area contributed by atoms with Crippen LogP contribution in [-0.2, 0) is 22.1 Å². The third-order valence-corrected chi connectivity index (χ3v) is 2.52. The molecule has 0 aromatic heterocycles. The molecule has 0 aliphatic carbocycles. The standard InChI is InChI=1S/C13H10F5NO3/c1-2-21-10(20)5-8-9(13(16,17)18)4-3-7(6-19)11(8)22-12(14)15/h3-4,12H,2,5H2,1H3. The Bertz CT molecular complexity index is 593. The fraction of sp³-hybridized carbons (Fsp3) is 0.385. The van der Waals surface area contributed by atoms with Gasteiger partial charge in [0.2, 0.25) is 0 Å². The van der Waals surface area contributed by atoms with Crippen LogP contribution in [0.5, 0.6) is 5.75 Å². The van der Waals surface area contributed by atoms with Gasteiger partial charge in [-0.1, -0.05) is 0 Å². The summed E-state index contributed by atoms with van der Waals surface area (Å²) in [5.41, 5.74) is -2.73. The lowest BCUT2D eigenvalue weighted by atomic mass is 9.99. The summed E-state index contributed by atoms with van der Waals surface area (Å²) >= 11 is 0. The van der Waals surface area contributed by atoms with Gasteiger partial charge in [0.1, 0.15) is 11.8 Å². The SMILES string of the molecule is CCOC(=O)Cc1c(C(F)(F)F)ccc(C#N)c1OC(F)F. The molecule has 1 rings (SSSR count). The van der Waals surface area contributed by atoms with E-state index in [0.29, 0.717) is 12.1 Å². The summed E-state index contributed by atoms with van der Waals surface area (Å²) in [4.78, 5) is 11.4.